The fourth-order valence-electron chi connectivity index (χ4n) is 3.91. The van der Waals surface area contributed by atoms with Crippen LogP contribution in [-0.4, -0.2) is 62.8 Å². The summed E-state index contributed by atoms with van der Waals surface area (Å²) in [7, 11) is 2.94. The quantitative estimate of drug-likeness (QED) is 0.629. The third-order valence-electron chi connectivity index (χ3n) is 5.73. The Hall–Kier alpha value is -3.76. The maximum absolute atomic E-state index is 13.1. The lowest BCUT2D eigenvalue weighted by atomic mass is 10.1. The molecule has 1 aromatic heterocycles. The van der Waals surface area contributed by atoms with Gasteiger partial charge in [0.15, 0.2) is 5.69 Å². The molecule has 0 saturated heterocycles. The van der Waals surface area contributed by atoms with Crippen molar-refractivity contribution in [1.82, 2.24) is 24.7 Å². The Kier molecular flexibility index (Phi) is 7.64. The molecule has 2 heterocycles. The van der Waals surface area contributed by atoms with E-state index < -0.39 is 46.6 Å². The predicted octanol–water partition coefficient (Wildman–Crippen LogP) is 1.18. The molecule has 1 atom stereocenters. The van der Waals surface area contributed by atoms with Crippen molar-refractivity contribution >= 4 is 17.7 Å². The SMILES string of the molecule is CCN(C(=O)C(=O)N(C)C)C1CCCCn2c1nc(C(=O)NCc1ccc(F)cc1)c(O)c2=O. The van der Waals surface area contributed by atoms with Crippen LogP contribution in [0.25, 0.3) is 0 Å². The molecule has 3 amide bonds. The van der Waals surface area contributed by atoms with Gasteiger partial charge in [-0.2, -0.15) is 0 Å². The number of hydrogen-bond acceptors (Lipinski definition) is 6. The zero-order valence-corrected chi connectivity index (χ0v) is 19.4. The molecule has 0 fully saturated rings. The maximum atomic E-state index is 13.1. The van der Waals surface area contributed by atoms with Gasteiger partial charge in [-0.05, 0) is 43.9 Å². The molecule has 1 aliphatic heterocycles. The molecular formula is C23H28FN5O5. The van der Waals surface area contributed by atoms with Crippen LogP contribution in [-0.2, 0) is 22.7 Å². The molecule has 1 unspecified atom stereocenters. The molecule has 34 heavy (non-hydrogen) atoms. The second-order valence-corrected chi connectivity index (χ2v) is 8.24. The molecule has 0 aliphatic carbocycles. The van der Waals surface area contributed by atoms with Crippen LogP contribution in [0.5, 0.6) is 5.75 Å². The van der Waals surface area contributed by atoms with Crippen LogP contribution in [0.1, 0.15) is 54.1 Å². The van der Waals surface area contributed by atoms with Crippen molar-refractivity contribution in [3.05, 3.63) is 57.5 Å². The van der Waals surface area contributed by atoms with Crippen molar-refractivity contribution in [2.45, 2.75) is 45.3 Å². The summed E-state index contributed by atoms with van der Waals surface area (Å²) in [6.45, 7) is 2.19. The third kappa shape index (κ3) is 5.08. The lowest BCUT2D eigenvalue weighted by Gasteiger charge is -2.31. The first-order valence-corrected chi connectivity index (χ1v) is 11.0. The van der Waals surface area contributed by atoms with Gasteiger partial charge in [0, 0.05) is 33.7 Å². The molecule has 1 aromatic carbocycles. The van der Waals surface area contributed by atoms with E-state index >= 15 is 0 Å². The van der Waals surface area contributed by atoms with Crippen LogP contribution < -0.4 is 10.9 Å². The van der Waals surface area contributed by atoms with Crippen LogP contribution in [0.2, 0.25) is 0 Å². The van der Waals surface area contributed by atoms with Crippen LogP contribution in [0.15, 0.2) is 29.1 Å². The fraction of sp³-hybridized carbons (Fsp3) is 0.435. The number of halogens is 1. The van der Waals surface area contributed by atoms with E-state index in [1.807, 2.05) is 0 Å². The molecule has 1 aliphatic rings. The van der Waals surface area contributed by atoms with Crippen molar-refractivity contribution < 1.29 is 23.9 Å². The van der Waals surface area contributed by atoms with E-state index in [4.69, 9.17) is 0 Å². The molecule has 2 N–H and O–H groups in total. The van der Waals surface area contributed by atoms with Crippen molar-refractivity contribution in [2.75, 3.05) is 20.6 Å². The summed E-state index contributed by atoms with van der Waals surface area (Å²) in [5.74, 6) is -3.30. The van der Waals surface area contributed by atoms with E-state index in [-0.39, 0.29) is 25.5 Å². The number of carbonyl (C=O) groups is 3. The van der Waals surface area contributed by atoms with Gasteiger partial charge < -0.3 is 20.2 Å². The van der Waals surface area contributed by atoms with Crippen LogP contribution in [0.4, 0.5) is 4.39 Å². The number of aromatic nitrogens is 2. The molecule has 2 aromatic rings. The summed E-state index contributed by atoms with van der Waals surface area (Å²) in [4.78, 5) is 57.8. The third-order valence-corrected chi connectivity index (χ3v) is 5.73. The van der Waals surface area contributed by atoms with Gasteiger partial charge in [-0.1, -0.05) is 12.1 Å². The zero-order chi connectivity index (χ0) is 25.0. The number of likely N-dealkylation sites (N-methyl/N-ethyl adjacent to an activating group) is 2. The Balaban J connectivity index is 1.98. The summed E-state index contributed by atoms with van der Waals surface area (Å²) >= 11 is 0. The predicted molar refractivity (Wildman–Crippen MR) is 120 cm³/mol. The number of benzene rings is 1. The van der Waals surface area contributed by atoms with Gasteiger partial charge in [0.25, 0.3) is 11.5 Å². The standard InChI is InChI=1S/C23H28FN5O5/c1-4-28(23(34)22(33)27(2)3)16-7-5-6-12-29-19(16)26-17(18(30)21(29)32)20(31)25-13-14-8-10-15(24)11-9-14/h8-11,16,30H,4-7,12-13H2,1-3H3,(H,25,31). The van der Waals surface area contributed by atoms with Gasteiger partial charge in [0.1, 0.15) is 11.6 Å². The Morgan fingerprint density at radius 1 is 1.18 bits per heavy atom. The summed E-state index contributed by atoms with van der Waals surface area (Å²) in [5.41, 5.74) is -0.637. The summed E-state index contributed by atoms with van der Waals surface area (Å²) < 4.78 is 14.4. The molecule has 0 saturated carbocycles. The Labute approximate surface area is 196 Å². The Morgan fingerprint density at radius 2 is 1.85 bits per heavy atom. The highest BCUT2D eigenvalue weighted by molar-refractivity contribution is 6.34. The number of amides is 3. The summed E-state index contributed by atoms with van der Waals surface area (Å²) in [6, 6.07) is 4.78. The Bertz CT molecular complexity index is 1150. The molecular weight excluding hydrogens is 445 g/mol. The van der Waals surface area contributed by atoms with Crippen LogP contribution in [0.3, 0.4) is 0 Å². The van der Waals surface area contributed by atoms with E-state index in [0.29, 0.717) is 24.8 Å². The average molecular weight is 474 g/mol. The van der Waals surface area contributed by atoms with E-state index in [2.05, 4.69) is 10.3 Å². The first-order chi connectivity index (χ1) is 16.1. The molecule has 3 rings (SSSR count). The fourth-order valence-corrected chi connectivity index (χ4v) is 3.91. The highest BCUT2D eigenvalue weighted by Gasteiger charge is 2.35. The topological polar surface area (TPSA) is 125 Å². The smallest absolute Gasteiger partial charge is 0.312 e. The number of rotatable bonds is 5. The van der Waals surface area contributed by atoms with Gasteiger partial charge in [0.2, 0.25) is 5.75 Å². The monoisotopic (exact) mass is 473 g/mol. The highest BCUT2D eigenvalue weighted by Crippen LogP contribution is 2.29. The minimum atomic E-state index is -0.792. The van der Waals surface area contributed by atoms with Crippen LogP contribution in [0, 0.1) is 5.82 Å². The van der Waals surface area contributed by atoms with Gasteiger partial charge >= 0.3 is 11.8 Å². The maximum Gasteiger partial charge on any atom is 0.312 e. The highest BCUT2D eigenvalue weighted by atomic mass is 19.1. The van der Waals surface area contributed by atoms with Gasteiger partial charge in [-0.25, -0.2) is 9.37 Å². The molecule has 182 valence electrons. The Morgan fingerprint density at radius 3 is 2.47 bits per heavy atom. The number of nitrogens with one attached hydrogen (secondary N) is 1. The van der Waals surface area contributed by atoms with Crippen LogP contribution >= 0.6 is 0 Å². The van der Waals surface area contributed by atoms with E-state index in [1.54, 1.807) is 6.92 Å². The molecule has 10 nitrogen and oxygen atoms in total. The summed E-state index contributed by atoms with van der Waals surface area (Å²) in [5, 5.41) is 13.0. The van der Waals surface area contributed by atoms with E-state index in [0.717, 1.165) is 0 Å². The molecule has 11 heteroatoms. The number of fused-ring (bicyclic) bond motifs is 1. The van der Waals surface area contributed by atoms with E-state index in [1.165, 1.54) is 52.7 Å². The lowest BCUT2D eigenvalue weighted by molar-refractivity contribution is -0.152. The van der Waals surface area contributed by atoms with Crippen molar-refractivity contribution in [3.63, 3.8) is 0 Å². The molecule has 0 radical (unpaired) electrons. The lowest BCUT2D eigenvalue weighted by Crippen LogP contribution is -2.45. The minimum absolute atomic E-state index is 0.0268. The molecule has 0 bridgehead atoms. The number of carbonyl (C=O) groups excluding carboxylic acids is 3. The first-order valence-electron chi connectivity index (χ1n) is 11.0. The first kappa shape index (κ1) is 24.9. The van der Waals surface area contributed by atoms with Crippen molar-refractivity contribution in [3.8, 4) is 5.75 Å². The normalized spacial score (nSPS) is 15.1. The number of nitrogens with zero attached hydrogens (tertiary/aromatic N) is 4. The van der Waals surface area contributed by atoms with E-state index in [9.17, 15) is 28.7 Å². The second-order valence-electron chi connectivity index (χ2n) is 8.24. The summed E-state index contributed by atoms with van der Waals surface area (Å²) in [6.07, 6.45) is 1.70. The van der Waals surface area contributed by atoms with Crippen molar-refractivity contribution in [2.24, 2.45) is 0 Å². The minimum Gasteiger partial charge on any atom is -0.501 e. The molecule has 0 spiro atoms. The number of aromatic hydroxyl groups is 1. The average Bonchev–Trinajstić information content (AvgIpc) is 3.03. The van der Waals surface area contributed by atoms with Gasteiger partial charge in [-0.3, -0.25) is 23.7 Å². The number of hydrogen-bond donors (Lipinski definition) is 2. The second kappa shape index (κ2) is 10.4. The van der Waals surface area contributed by atoms with Crippen molar-refractivity contribution in [1.29, 1.82) is 0 Å². The largest absolute Gasteiger partial charge is 0.501 e. The zero-order valence-electron chi connectivity index (χ0n) is 19.4. The van der Waals surface area contributed by atoms with Gasteiger partial charge in [0.05, 0.1) is 6.04 Å². The van der Waals surface area contributed by atoms with Gasteiger partial charge in [-0.15, -0.1) is 0 Å².